The number of ether oxygens (including phenoxy) is 1. The highest BCUT2D eigenvalue weighted by molar-refractivity contribution is 6.39. The number of hydrogen-bond donors (Lipinski definition) is 2. The molecule has 0 bridgehead atoms. The second-order valence-corrected chi connectivity index (χ2v) is 6.76. The molecule has 2 heterocycles. The van der Waals surface area contributed by atoms with Crippen LogP contribution in [-0.2, 0) is 14.3 Å². The molecule has 0 saturated carbocycles. The zero-order chi connectivity index (χ0) is 18.2. The van der Waals surface area contributed by atoms with Gasteiger partial charge in [-0.15, -0.1) is 0 Å². The highest BCUT2D eigenvalue weighted by atomic mass is 16.5. The molecule has 7 heteroatoms. The minimum atomic E-state index is -0.627. The summed E-state index contributed by atoms with van der Waals surface area (Å²) in [6.07, 6.45) is 3.75. The second-order valence-electron chi connectivity index (χ2n) is 6.76. The van der Waals surface area contributed by atoms with Crippen LogP contribution in [0.2, 0.25) is 0 Å². The lowest BCUT2D eigenvalue weighted by atomic mass is 10.1. The molecule has 26 heavy (non-hydrogen) atoms. The molecule has 2 aliphatic rings. The van der Waals surface area contributed by atoms with Gasteiger partial charge in [-0.3, -0.25) is 14.5 Å². The SMILES string of the molecule is O=C(NCCN1CCOCC1)C(=O)Nc1ccc(N2CCCCC2)cc1. The van der Waals surface area contributed by atoms with E-state index in [1.807, 2.05) is 24.3 Å². The van der Waals surface area contributed by atoms with Gasteiger partial charge >= 0.3 is 11.8 Å². The van der Waals surface area contributed by atoms with Crippen molar-refractivity contribution in [1.82, 2.24) is 10.2 Å². The van der Waals surface area contributed by atoms with Crippen molar-refractivity contribution in [2.24, 2.45) is 0 Å². The lowest BCUT2D eigenvalue weighted by molar-refractivity contribution is -0.136. The van der Waals surface area contributed by atoms with Gasteiger partial charge in [-0.2, -0.15) is 0 Å². The molecule has 1 aromatic carbocycles. The number of piperidine rings is 1. The number of hydrogen-bond acceptors (Lipinski definition) is 5. The van der Waals surface area contributed by atoms with Gasteiger partial charge in [0.1, 0.15) is 0 Å². The fourth-order valence-corrected chi connectivity index (χ4v) is 3.33. The predicted octanol–water partition coefficient (Wildman–Crippen LogP) is 1.06. The smallest absolute Gasteiger partial charge is 0.313 e. The first-order valence-corrected chi connectivity index (χ1v) is 9.47. The Morgan fingerprint density at radius 3 is 2.31 bits per heavy atom. The molecule has 3 rings (SSSR count). The first kappa shape index (κ1) is 18.7. The van der Waals surface area contributed by atoms with Crippen molar-refractivity contribution >= 4 is 23.2 Å². The molecule has 2 fully saturated rings. The van der Waals surface area contributed by atoms with Crippen molar-refractivity contribution in [2.75, 3.05) is 62.7 Å². The summed E-state index contributed by atoms with van der Waals surface area (Å²) in [6, 6.07) is 7.69. The molecule has 0 atom stereocenters. The van der Waals surface area contributed by atoms with Gasteiger partial charge in [-0.05, 0) is 43.5 Å². The molecule has 2 aliphatic heterocycles. The molecular formula is C19H28N4O3. The highest BCUT2D eigenvalue weighted by Crippen LogP contribution is 2.21. The van der Waals surface area contributed by atoms with Crippen LogP contribution in [0.25, 0.3) is 0 Å². The van der Waals surface area contributed by atoms with Crippen LogP contribution in [0.4, 0.5) is 11.4 Å². The molecule has 2 saturated heterocycles. The van der Waals surface area contributed by atoms with Crippen molar-refractivity contribution in [3.8, 4) is 0 Å². The largest absolute Gasteiger partial charge is 0.379 e. The summed E-state index contributed by atoms with van der Waals surface area (Å²) >= 11 is 0. The third-order valence-corrected chi connectivity index (χ3v) is 4.87. The van der Waals surface area contributed by atoms with E-state index in [4.69, 9.17) is 4.74 Å². The first-order valence-electron chi connectivity index (χ1n) is 9.47. The Kier molecular flexibility index (Phi) is 6.85. The van der Waals surface area contributed by atoms with Gasteiger partial charge in [0.2, 0.25) is 0 Å². The van der Waals surface area contributed by atoms with Crippen LogP contribution < -0.4 is 15.5 Å². The number of morpholine rings is 1. The quantitative estimate of drug-likeness (QED) is 0.769. The van der Waals surface area contributed by atoms with Crippen molar-refractivity contribution in [3.63, 3.8) is 0 Å². The third kappa shape index (κ3) is 5.44. The second kappa shape index (κ2) is 9.54. The minimum absolute atomic E-state index is 0.458. The summed E-state index contributed by atoms with van der Waals surface area (Å²) in [6.45, 7) is 6.53. The molecule has 2 amide bonds. The number of rotatable bonds is 5. The standard InChI is InChI=1S/C19H28N4O3/c24-18(20-8-11-22-12-14-26-15-13-22)19(25)21-16-4-6-17(7-5-16)23-9-2-1-3-10-23/h4-7H,1-3,8-15H2,(H,20,24)(H,21,25). The number of nitrogens with zero attached hydrogens (tertiary/aromatic N) is 2. The molecule has 142 valence electrons. The fourth-order valence-electron chi connectivity index (χ4n) is 3.33. The molecule has 0 unspecified atom stereocenters. The molecule has 0 spiro atoms. The topological polar surface area (TPSA) is 73.9 Å². The van der Waals surface area contributed by atoms with Crippen molar-refractivity contribution in [3.05, 3.63) is 24.3 Å². The zero-order valence-electron chi connectivity index (χ0n) is 15.2. The van der Waals surface area contributed by atoms with Crippen LogP contribution >= 0.6 is 0 Å². The average molecular weight is 360 g/mol. The Hall–Kier alpha value is -2.12. The molecule has 2 N–H and O–H groups in total. The van der Waals surface area contributed by atoms with E-state index in [1.54, 1.807) is 0 Å². The molecule has 0 aromatic heterocycles. The Bertz CT molecular complexity index is 593. The van der Waals surface area contributed by atoms with Crippen molar-refractivity contribution in [1.29, 1.82) is 0 Å². The maximum atomic E-state index is 12.0. The average Bonchev–Trinajstić information content (AvgIpc) is 2.70. The summed E-state index contributed by atoms with van der Waals surface area (Å²) in [5, 5.41) is 5.33. The van der Waals surface area contributed by atoms with Crippen LogP contribution in [0.1, 0.15) is 19.3 Å². The van der Waals surface area contributed by atoms with Crippen LogP contribution in [0.5, 0.6) is 0 Å². The lowest BCUT2D eigenvalue weighted by Gasteiger charge is -2.28. The van der Waals surface area contributed by atoms with Crippen LogP contribution in [0.15, 0.2) is 24.3 Å². The third-order valence-electron chi connectivity index (χ3n) is 4.87. The Balaban J connectivity index is 1.40. The van der Waals surface area contributed by atoms with E-state index < -0.39 is 11.8 Å². The zero-order valence-corrected chi connectivity index (χ0v) is 15.2. The number of amides is 2. The van der Waals surface area contributed by atoms with Crippen LogP contribution in [0, 0.1) is 0 Å². The van der Waals surface area contributed by atoms with Crippen LogP contribution in [-0.4, -0.2) is 69.2 Å². The van der Waals surface area contributed by atoms with E-state index in [0.717, 1.165) is 51.6 Å². The molecule has 1 aromatic rings. The summed E-state index contributed by atoms with van der Waals surface area (Å²) in [5.74, 6) is -1.23. The van der Waals surface area contributed by atoms with E-state index in [-0.39, 0.29) is 0 Å². The number of benzene rings is 1. The van der Waals surface area contributed by atoms with Gasteiger partial charge < -0.3 is 20.3 Å². The van der Waals surface area contributed by atoms with Gasteiger partial charge in [0.25, 0.3) is 0 Å². The van der Waals surface area contributed by atoms with Gasteiger partial charge in [0.15, 0.2) is 0 Å². The molecule has 0 aliphatic carbocycles. The minimum Gasteiger partial charge on any atom is -0.379 e. The lowest BCUT2D eigenvalue weighted by Crippen LogP contribution is -2.43. The summed E-state index contributed by atoms with van der Waals surface area (Å²) in [5.41, 5.74) is 1.80. The van der Waals surface area contributed by atoms with Gasteiger partial charge in [0.05, 0.1) is 13.2 Å². The molecule has 0 radical (unpaired) electrons. The van der Waals surface area contributed by atoms with Crippen LogP contribution in [0.3, 0.4) is 0 Å². The number of carbonyl (C=O) groups excluding carboxylic acids is 2. The monoisotopic (exact) mass is 360 g/mol. The fraction of sp³-hybridized carbons (Fsp3) is 0.579. The van der Waals surface area contributed by atoms with Gasteiger partial charge in [0, 0.05) is 50.6 Å². The Morgan fingerprint density at radius 2 is 1.62 bits per heavy atom. The maximum absolute atomic E-state index is 12.0. The number of carbonyl (C=O) groups is 2. The van der Waals surface area contributed by atoms with E-state index in [9.17, 15) is 9.59 Å². The highest BCUT2D eigenvalue weighted by Gasteiger charge is 2.16. The summed E-state index contributed by atoms with van der Waals surface area (Å²) < 4.78 is 5.28. The summed E-state index contributed by atoms with van der Waals surface area (Å²) in [4.78, 5) is 28.5. The predicted molar refractivity (Wildman–Crippen MR) is 101 cm³/mol. The van der Waals surface area contributed by atoms with Crippen molar-refractivity contribution < 1.29 is 14.3 Å². The van der Waals surface area contributed by atoms with E-state index in [2.05, 4.69) is 20.4 Å². The van der Waals surface area contributed by atoms with E-state index in [0.29, 0.717) is 12.2 Å². The maximum Gasteiger partial charge on any atom is 0.313 e. The van der Waals surface area contributed by atoms with Crippen molar-refractivity contribution in [2.45, 2.75) is 19.3 Å². The normalized spacial score (nSPS) is 18.4. The summed E-state index contributed by atoms with van der Waals surface area (Å²) in [7, 11) is 0. The van der Waals surface area contributed by atoms with E-state index >= 15 is 0 Å². The van der Waals surface area contributed by atoms with Gasteiger partial charge in [-0.25, -0.2) is 0 Å². The first-order chi connectivity index (χ1) is 12.7. The molecular weight excluding hydrogens is 332 g/mol. The molecule has 7 nitrogen and oxygen atoms in total. The Morgan fingerprint density at radius 1 is 0.923 bits per heavy atom. The van der Waals surface area contributed by atoms with Gasteiger partial charge in [-0.1, -0.05) is 0 Å². The Labute approximate surface area is 154 Å². The van der Waals surface area contributed by atoms with E-state index in [1.165, 1.54) is 19.3 Å². The number of anilines is 2. The number of nitrogens with one attached hydrogen (secondary N) is 2.